The van der Waals surface area contributed by atoms with Crippen molar-refractivity contribution in [2.75, 3.05) is 13.1 Å². The average Bonchev–Trinajstić information content (AvgIpc) is 2.56. The predicted octanol–water partition coefficient (Wildman–Crippen LogP) is 2.70. The molecule has 1 aliphatic heterocycles. The molecule has 2 heterocycles. The van der Waals surface area contributed by atoms with Gasteiger partial charge in [-0.1, -0.05) is 11.6 Å². The number of benzene rings is 1. The summed E-state index contributed by atoms with van der Waals surface area (Å²) in [5.74, 6) is 0.110. The highest BCUT2D eigenvalue weighted by molar-refractivity contribution is 7.89. The van der Waals surface area contributed by atoms with Crippen LogP contribution in [0.1, 0.15) is 24.5 Å². The van der Waals surface area contributed by atoms with Crippen LogP contribution in [0.15, 0.2) is 47.8 Å². The van der Waals surface area contributed by atoms with Gasteiger partial charge in [0.05, 0.1) is 4.90 Å². The number of aromatic nitrogens is 2. The summed E-state index contributed by atoms with van der Waals surface area (Å²) in [5.41, 5.74) is 0.894. The summed E-state index contributed by atoms with van der Waals surface area (Å²) in [6.07, 6.45) is 4.95. The van der Waals surface area contributed by atoms with Crippen LogP contribution in [0.4, 0.5) is 0 Å². The Labute approximate surface area is 135 Å². The molecule has 0 saturated carbocycles. The van der Waals surface area contributed by atoms with Crippen LogP contribution in [-0.2, 0) is 10.0 Å². The lowest BCUT2D eigenvalue weighted by Gasteiger charge is -2.31. The second-order valence-corrected chi connectivity index (χ2v) is 7.66. The van der Waals surface area contributed by atoms with Crippen molar-refractivity contribution >= 4 is 21.6 Å². The van der Waals surface area contributed by atoms with Gasteiger partial charge >= 0.3 is 0 Å². The van der Waals surface area contributed by atoms with Gasteiger partial charge in [-0.2, -0.15) is 4.31 Å². The summed E-state index contributed by atoms with van der Waals surface area (Å²) in [7, 11) is -3.49. The van der Waals surface area contributed by atoms with E-state index in [1.165, 1.54) is 10.6 Å². The Morgan fingerprint density at radius 1 is 1.18 bits per heavy atom. The Bertz CT molecular complexity index is 735. The normalized spacial score (nSPS) is 20.0. The molecule has 7 heteroatoms. The molecule has 1 aromatic heterocycles. The van der Waals surface area contributed by atoms with Gasteiger partial charge in [0.15, 0.2) is 0 Å². The lowest BCUT2D eigenvalue weighted by atomic mass is 9.96. The molecule has 1 fully saturated rings. The maximum absolute atomic E-state index is 12.7. The molecular formula is C15H16ClN3O2S. The van der Waals surface area contributed by atoms with Crippen molar-refractivity contribution in [1.82, 2.24) is 14.3 Å². The summed E-state index contributed by atoms with van der Waals surface area (Å²) in [4.78, 5) is 8.44. The van der Waals surface area contributed by atoms with E-state index in [1.54, 1.807) is 30.5 Å². The highest BCUT2D eigenvalue weighted by atomic mass is 35.5. The topological polar surface area (TPSA) is 63.2 Å². The predicted molar refractivity (Wildman–Crippen MR) is 84.2 cm³/mol. The summed E-state index contributed by atoms with van der Waals surface area (Å²) in [6.45, 7) is 0.981. The second-order valence-electron chi connectivity index (χ2n) is 5.29. The highest BCUT2D eigenvalue weighted by Gasteiger charge is 2.31. The Kier molecular flexibility index (Phi) is 4.42. The van der Waals surface area contributed by atoms with Crippen LogP contribution in [0, 0.1) is 0 Å². The first-order valence-electron chi connectivity index (χ1n) is 7.09. The zero-order chi connectivity index (χ0) is 15.6. The van der Waals surface area contributed by atoms with Crippen LogP contribution >= 0.6 is 11.6 Å². The van der Waals surface area contributed by atoms with Gasteiger partial charge in [0.25, 0.3) is 0 Å². The van der Waals surface area contributed by atoms with Crippen molar-refractivity contribution < 1.29 is 8.42 Å². The average molecular weight is 338 g/mol. The summed E-state index contributed by atoms with van der Waals surface area (Å²) in [6, 6.07) is 8.14. The maximum Gasteiger partial charge on any atom is 0.243 e. The standard InChI is InChI=1S/C15H16ClN3O2S/c16-13-3-5-14(6-4-13)22(20,21)19-9-1-2-12(10-19)15-7-8-17-11-18-15/h3-8,11-12H,1-2,9-10H2/t12-/m1/s1. The third kappa shape index (κ3) is 3.14. The third-order valence-corrected chi connectivity index (χ3v) is 5.99. The molecule has 5 nitrogen and oxygen atoms in total. The quantitative estimate of drug-likeness (QED) is 0.863. The Morgan fingerprint density at radius 2 is 1.95 bits per heavy atom. The third-order valence-electron chi connectivity index (χ3n) is 3.86. The molecule has 0 N–H and O–H groups in total. The van der Waals surface area contributed by atoms with E-state index in [-0.39, 0.29) is 10.8 Å². The van der Waals surface area contributed by atoms with Gasteiger partial charge in [0.1, 0.15) is 6.33 Å². The molecule has 1 aromatic carbocycles. The Hall–Kier alpha value is -1.50. The molecule has 22 heavy (non-hydrogen) atoms. The number of piperidine rings is 1. The lowest BCUT2D eigenvalue weighted by molar-refractivity contribution is 0.312. The molecule has 0 unspecified atom stereocenters. The van der Waals surface area contributed by atoms with Gasteiger partial charge in [-0.3, -0.25) is 0 Å². The number of rotatable bonds is 3. The largest absolute Gasteiger partial charge is 0.245 e. The van der Waals surface area contributed by atoms with Crippen LogP contribution in [0.3, 0.4) is 0 Å². The van der Waals surface area contributed by atoms with Crippen LogP contribution in [0.2, 0.25) is 5.02 Å². The lowest BCUT2D eigenvalue weighted by Crippen LogP contribution is -2.39. The molecule has 0 amide bonds. The fourth-order valence-corrected chi connectivity index (χ4v) is 4.35. The van der Waals surface area contributed by atoms with E-state index in [1.807, 2.05) is 6.07 Å². The van der Waals surface area contributed by atoms with E-state index < -0.39 is 10.0 Å². The molecular weight excluding hydrogens is 322 g/mol. The first kappa shape index (κ1) is 15.4. The van der Waals surface area contributed by atoms with E-state index in [2.05, 4.69) is 9.97 Å². The molecule has 0 radical (unpaired) electrons. The van der Waals surface area contributed by atoms with Crippen molar-refractivity contribution in [2.24, 2.45) is 0 Å². The smallest absolute Gasteiger partial charge is 0.243 e. The van der Waals surface area contributed by atoms with Gasteiger partial charge in [0, 0.05) is 35.9 Å². The van der Waals surface area contributed by atoms with E-state index in [9.17, 15) is 8.42 Å². The number of hydrogen-bond acceptors (Lipinski definition) is 4. The molecule has 2 aromatic rings. The number of halogens is 1. The molecule has 0 spiro atoms. The zero-order valence-corrected chi connectivity index (χ0v) is 13.5. The SMILES string of the molecule is O=S(=O)(c1ccc(Cl)cc1)N1CCC[C@@H](c2ccncn2)C1. The first-order valence-corrected chi connectivity index (χ1v) is 8.91. The minimum absolute atomic E-state index is 0.110. The van der Waals surface area contributed by atoms with Crippen molar-refractivity contribution in [3.63, 3.8) is 0 Å². The van der Waals surface area contributed by atoms with Crippen LogP contribution in [-0.4, -0.2) is 35.8 Å². The van der Waals surface area contributed by atoms with Gasteiger partial charge in [-0.15, -0.1) is 0 Å². The summed E-state index contributed by atoms with van der Waals surface area (Å²) >= 11 is 5.83. The van der Waals surface area contributed by atoms with E-state index in [4.69, 9.17) is 11.6 Å². The molecule has 1 saturated heterocycles. The first-order chi connectivity index (χ1) is 10.6. The van der Waals surface area contributed by atoms with Crippen LogP contribution < -0.4 is 0 Å². The maximum atomic E-state index is 12.7. The van der Waals surface area contributed by atoms with Gasteiger partial charge in [0.2, 0.25) is 10.0 Å². The Balaban J connectivity index is 1.83. The van der Waals surface area contributed by atoms with E-state index >= 15 is 0 Å². The second kappa shape index (κ2) is 6.32. The van der Waals surface area contributed by atoms with Crippen LogP contribution in [0.25, 0.3) is 0 Å². The molecule has 1 aliphatic rings. The molecule has 3 rings (SSSR count). The van der Waals surface area contributed by atoms with Crippen molar-refractivity contribution in [3.8, 4) is 0 Å². The monoisotopic (exact) mass is 337 g/mol. The van der Waals surface area contributed by atoms with Crippen molar-refractivity contribution in [1.29, 1.82) is 0 Å². The number of hydrogen-bond donors (Lipinski definition) is 0. The van der Waals surface area contributed by atoms with Crippen molar-refractivity contribution in [3.05, 3.63) is 53.6 Å². The summed E-state index contributed by atoms with van der Waals surface area (Å²) in [5, 5.41) is 0.524. The number of sulfonamides is 1. The zero-order valence-electron chi connectivity index (χ0n) is 11.9. The minimum atomic E-state index is -3.49. The minimum Gasteiger partial charge on any atom is -0.245 e. The molecule has 0 aliphatic carbocycles. The van der Waals surface area contributed by atoms with E-state index in [0.29, 0.717) is 18.1 Å². The van der Waals surface area contributed by atoms with E-state index in [0.717, 1.165) is 18.5 Å². The van der Waals surface area contributed by atoms with Gasteiger partial charge in [-0.25, -0.2) is 18.4 Å². The van der Waals surface area contributed by atoms with Crippen molar-refractivity contribution in [2.45, 2.75) is 23.7 Å². The van der Waals surface area contributed by atoms with Gasteiger partial charge < -0.3 is 0 Å². The van der Waals surface area contributed by atoms with Crippen LogP contribution in [0.5, 0.6) is 0 Å². The Morgan fingerprint density at radius 3 is 2.64 bits per heavy atom. The highest BCUT2D eigenvalue weighted by Crippen LogP contribution is 2.29. The fraction of sp³-hybridized carbons (Fsp3) is 0.333. The van der Waals surface area contributed by atoms with Gasteiger partial charge in [-0.05, 0) is 43.2 Å². The molecule has 1 atom stereocenters. The molecule has 0 bridgehead atoms. The fourth-order valence-electron chi connectivity index (χ4n) is 2.70. The number of nitrogens with zero attached hydrogens (tertiary/aromatic N) is 3. The summed E-state index contributed by atoms with van der Waals surface area (Å²) < 4.78 is 27.0. The molecule has 116 valence electrons.